The van der Waals surface area contributed by atoms with Crippen LogP contribution in [-0.4, -0.2) is 6.04 Å². The molecule has 0 radical (unpaired) electrons. The number of halogens is 1. The van der Waals surface area contributed by atoms with Gasteiger partial charge in [0.2, 0.25) is 0 Å². The van der Waals surface area contributed by atoms with E-state index in [0.717, 1.165) is 23.6 Å². The molecular weight excluding hydrogens is 258 g/mol. The van der Waals surface area contributed by atoms with Gasteiger partial charge in [0.05, 0.1) is 0 Å². The minimum atomic E-state index is 0.681. The molecule has 1 aliphatic carbocycles. The van der Waals surface area contributed by atoms with E-state index in [1.807, 2.05) is 48.5 Å². The molecule has 2 aromatic carbocycles. The molecule has 1 aliphatic rings. The minimum Gasteiger partial charge on any atom is -0.457 e. The zero-order valence-electron chi connectivity index (χ0n) is 10.6. The maximum atomic E-state index is 6.06. The van der Waals surface area contributed by atoms with Crippen molar-refractivity contribution in [2.45, 2.75) is 25.4 Å². The van der Waals surface area contributed by atoms with E-state index in [1.54, 1.807) is 0 Å². The van der Waals surface area contributed by atoms with Gasteiger partial charge in [0.1, 0.15) is 11.5 Å². The van der Waals surface area contributed by atoms with E-state index in [-0.39, 0.29) is 0 Å². The Morgan fingerprint density at radius 1 is 1.11 bits per heavy atom. The molecule has 3 rings (SSSR count). The lowest BCUT2D eigenvalue weighted by atomic mass is 10.2. The first-order valence-corrected chi connectivity index (χ1v) is 6.94. The highest BCUT2D eigenvalue weighted by Crippen LogP contribution is 2.29. The second-order valence-electron chi connectivity index (χ2n) is 4.82. The van der Waals surface area contributed by atoms with Gasteiger partial charge in [-0.15, -0.1) is 0 Å². The zero-order chi connectivity index (χ0) is 13.1. The molecule has 0 atom stereocenters. The third kappa shape index (κ3) is 3.49. The van der Waals surface area contributed by atoms with Gasteiger partial charge in [0.25, 0.3) is 0 Å². The van der Waals surface area contributed by atoms with E-state index >= 15 is 0 Å². The molecule has 0 unspecified atom stereocenters. The second-order valence-corrected chi connectivity index (χ2v) is 5.26. The lowest BCUT2D eigenvalue weighted by molar-refractivity contribution is 0.472. The minimum absolute atomic E-state index is 0.681. The van der Waals surface area contributed by atoms with Crippen LogP contribution in [0.5, 0.6) is 11.5 Å². The Balaban J connectivity index is 1.78. The molecule has 1 N–H and O–H groups in total. The molecule has 2 aromatic rings. The summed E-state index contributed by atoms with van der Waals surface area (Å²) in [6, 6.07) is 16.3. The molecule has 0 heterocycles. The molecular formula is C16H16ClNO. The molecule has 1 fully saturated rings. The van der Waals surface area contributed by atoms with Crippen molar-refractivity contribution >= 4 is 11.6 Å². The van der Waals surface area contributed by atoms with Crippen molar-refractivity contribution in [3.63, 3.8) is 0 Å². The van der Waals surface area contributed by atoms with E-state index in [0.29, 0.717) is 11.1 Å². The average Bonchev–Trinajstić information content (AvgIpc) is 3.23. The van der Waals surface area contributed by atoms with Crippen LogP contribution in [0.2, 0.25) is 5.02 Å². The van der Waals surface area contributed by atoms with Crippen LogP contribution in [0.1, 0.15) is 18.4 Å². The number of hydrogen-bond donors (Lipinski definition) is 1. The van der Waals surface area contributed by atoms with Crippen LogP contribution in [0.3, 0.4) is 0 Å². The van der Waals surface area contributed by atoms with Crippen molar-refractivity contribution < 1.29 is 4.74 Å². The van der Waals surface area contributed by atoms with Gasteiger partial charge >= 0.3 is 0 Å². The summed E-state index contributed by atoms with van der Waals surface area (Å²) in [4.78, 5) is 0. The number of benzene rings is 2. The van der Waals surface area contributed by atoms with E-state index < -0.39 is 0 Å². The number of rotatable bonds is 5. The van der Waals surface area contributed by atoms with Gasteiger partial charge in [-0.05, 0) is 37.1 Å². The zero-order valence-corrected chi connectivity index (χ0v) is 11.4. The van der Waals surface area contributed by atoms with Gasteiger partial charge in [-0.3, -0.25) is 0 Å². The topological polar surface area (TPSA) is 21.3 Å². The van der Waals surface area contributed by atoms with Gasteiger partial charge in [0, 0.05) is 23.2 Å². The first-order valence-electron chi connectivity index (χ1n) is 6.56. The lowest BCUT2D eigenvalue weighted by Crippen LogP contribution is -2.15. The number of nitrogens with one attached hydrogen (secondary N) is 1. The molecule has 3 heteroatoms. The van der Waals surface area contributed by atoms with Gasteiger partial charge in [-0.2, -0.15) is 0 Å². The standard InChI is InChI=1S/C16H16ClNO/c17-13-7-6-12(11-18-14-8-9-14)16(10-13)19-15-4-2-1-3-5-15/h1-7,10,14,18H,8-9,11H2. The van der Waals surface area contributed by atoms with Crippen molar-refractivity contribution in [2.75, 3.05) is 0 Å². The van der Waals surface area contributed by atoms with Crippen molar-refractivity contribution in [3.05, 3.63) is 59.1 Å². The van der Waals surface area contributed by atoms with Crippen LogP contribution < -0.4 is 10.1 Å². The first kappa shape index (κ1) is 12.5. The van der Waals surface area contributed by atoms with E-state index in [4.69, 9.17) is 16.3 Å². The maximum Gasteiger partial charge on any atom is 0.133 e. The Kier molecular flexibility index (Phi) is 3.72. The van der Waals surface area contributed by atoms with Crippen LogP contribution in [0.25, 0.3) is 0 Å². The smallest absolute Gasteiger partial charge is 0.133 e. The van der Waals surface area contributed by atoms with Crippen LogP contribution in [0.4, 0.5) is 0 Å². The molecule has 0 bridgehead atoms. The fourth-order valence-corrected chi connectivity index (χ4v) is 2.09. The van der Waals surface area contributed by atoms with E-state index in [9.17, 15) is 0 Å². The van der Waals surface area contributed by atoms with Gasteiger partial charge < -0.3 is 10.1 Å². The third-order valence-corrected chi connectivity index (χ3v) is 3.39. The summed E-state index contributed by atoms with van der Waals surface area (Å²) in [5, 5.41) is 4.19. The number of ether oxygens (including phenoxy) is 1. The van der Waals surface area contributed by atoms with Crippen molar-refractivity contribution in [3.8, 4) is 11.5 Å². The van der Waals surface area contributed by atoms with Gasteiger partial charge in [-0.1, -0.05) is 35.9 Å². The quantitative estimate of drug-likeness (QED) is 0.873. The normalized spacial score (nSPS) is 14.4. The summed E-state index contributed by atoms with van der Waals surface area (Å²) in [6.07, 6.45) is 2.56. The lowest BCUT2D eigenvalue weighted by Gasteiger charge is -2.12. The van der Waals surface area contributed by atoms with Crippen LogP contribution >= 0.6 is 11.6 Å². The highest BCUT2D eigenvalue weighted by Gasteiger charge is 2.20. The van der Waals surface area contributed by atoms with Gasteiger partial charge in [-0.25, -0.2) is 0 Å². The highest BCUT2D eigenvalue weighted by atomic mass is 35.5. The Bertz CT molecular complexity index is 552. The largest absolute Gasteiger partial charge is 0.457 e. The van der Waals surface area contributed by atoms with Crippen molar-refractivity contribution in [1.29, 1.82) is 0 Å². The van der Waals surface area contributed by atoms with Crippen LogP contribution in [0.15, 0.2) is 48.5 Å². The highest BCUT2D eigenvalue weighted by molar-refractivity contribution is 6.30. The monoisotopic (exact) mass is 273 g/mol. The summed E-state index contributed by atoms with van der Waals surface area (Å²) in [6.45, 7) is 0.823. The fourth-order valence-electron chi connectivity index (χ4n) is 1.93. The molecule has 0 saturated heterocycles. The molecule has 2 nitrogen and oxygen atoms in total. The molecule has 98 valence electrons. The van der Waals surface area contributed by atoms with Crippen LogP contribution in [-0.2, 0) is 6.54 Å². The SMILES string of the molecule is Clc1ccc(CNC2CC2)c(Oc2ccccc2)c1. The second kappa shape index (κ2) is 5.64. The van der Waals surface area contributed by atoms with Crippen molar-refractivity contribution in [1.82, 2.24) is 5.32 Å². The predicted molar refractivity (Wildman–Crippen MR) is 77.8 cm³/mol. The molecule has 0 amide bonds. The summed E-state index contributed by atoms with van der Waals surface area (Å²) in [7, 11) is 0. The first-order chi connectivity index (χ1) is 9.31. The molecule has 1 saturated carbocycles. The number of para-hydroxylation sites is 1. The van der Waals surface area contributed by atoms with E-state index in [2.05, 4.69) is 5.32 Å². The molecule has 0 aromatic heterocycles. The van der Waals surface area contributed by atoms with E-state index in [1.165, 1.54) is 12.8 Å². The Morgan fingerprint density at radius 2 is 1.89 bits per heavy atom. The molecule has 0 spiro atoms. The van der Waals surface area contributed by atoms with Crippen molar-refractivity contribution in [2.24, 2.45) is 0 Å². The average molecular weight is 274 g/mol. The summed E-state index contributed by atoms with van der Waals surface area (Å²) in [5.41, 5.74) is 1.14. The Morgan fingerprint density at radius 3 is 2.63 bits per heavy atom. The predicted octanol–water partition coefficient (Wildman–Crippen LogP) is 4.38. The summed E-state index contributed by atoms with van der Waals surface area (Å²) >= 11 is 6.06. The maximum absolute atomic E-state index is 6.06. The Labute approximate surface area is 118 Å². The Hall–Kier alpha value is -1.51. The van der Waals surface area contributed by atoms with Gasteiger partial charge in [0.15, 0.2) is 0 Å². The third-order valence-electron chi connectivity index (χ3n) is 3.16. The molecule has 0 aliphatic heterocycles. The van der Waals surface area contributed by atoms with Crippen LogP contribution in [0, 0.1) is 0 Å². The fraction of sp³-hybridized carbons (Fsp3) is 0.250. The summed E-state index contributed by atoms with van der Waals surface area (Å²) in [5.74, 6) is 1.66. The number of hydrogen-bond acceptors (Lipinski definition) is 2. The summed E-state index contributed by atoms with van der Waals surface area (Å²) < 4.78 is 5.92. The molecule has 19 heavy (non-hydrogen) atoms.